The van der Waals surface area contributed by atoms with E-state index in [4.69, 9.17) is 4.99 Å². The zero-order valence-electron chi connectivity index (χ0n) is 23.1. The van der Waals surface area contributed by atoms with E-state index in [9.17, 15) is 0 Å². The van der Waals surface area contributed by atoms with Gasteiger partial charge in [-0.25, -0.2) is 0 Å². The van der Waals surface area contributed by atoms with Crippen molar-refractivity contribution in [2.75, 3.05) is 0 Å². The zero-order valence-corrected chi connectivity index (χ0v) is 23.9. The largest absolute Gasteiger partial charge is 0.309 e. The number of allylic oxidation sites excluding steroid dienone is 1. The minimum absolute atomic E-state index is 0.0410. The van der Waals surface area contributed by atoms with Crippen molar-refractivity contribution in [3.63, 3.8) is 0 Å². The lowest BCUT2D eigenvalue weighted by molar-refractivity contribution is 0.667. The topological polar surface area (TPSA) is 17.3 Å². The molecule has 0 amide bonds. The molecule has 2 aromatic heterocycles. The Bertz CT molecular complexity index is 2270. The normalized spacial score (nSPS) is 15.6. The molecule has 2 nitrogen and oxygen atoms in total. The van der Waals surface area contributed by atoms with Gasteiger partial charge >= 0.3 is 0 Å². The number of aliphatic imine (C=N–C) groups is 1. The molecule has 0 spiro atoms. The maximum Gasteiger partial charge on any atom is 0.0658 e. The van der Waals surface area contributed by atoms with Gasteiger partial charge in [-0.1, -0.05) is 86.7 Å². The van der Waals surface area contributed by atoms with Gasteiger partial charge in [0.1, 0.15) is 0 Å². The van der Waals surface area contributed by atoms with Crippen LogP contribution in [0.5, 0.6) is 0 Å². The molecule has 0 unspecified atom stereocenters. The molecule has 0 radical (unpaired) electrons. The van der Waals surface area contributed by atoms with Crippen molar-refractivity contribution >= 4 is 65.2 Å². The van der Waals surface area contributed by atoms with Gasteiger partial charge in [0.2, 0.25) is 0 Å². The molecular weight excluding hydrogens is 516 g/mol. The molecule has 2 aliphatic rings. The van der Waals surface area contributed by atoms with Crippen molar-refractivity contribution in [2.24, 2.45) is 4.99 Å². The van der Waals surface area contributed by atoms with Crippen molar-refractivity contribution in [1.29, 1.82) is 0 Å². The van der Waals surface area contributed by atoms with Crippen LogP contribution >= 0.6 is 11.3 Å². The highest BCUT2D eigenvalue weighted by molar-refractivity contribution is 7.26. The second kappa shape index (κ2) is 8.28. The summed E-state index contributed by atoms with van der Waals surface area (Å²) in [6, 6.07) is 36.1. The van der Waals surface area contributed by atoms with Crippen molar-refractivity contribution in [1.82, 2.24) is 4.57 Å². The Hall–Kier alpha value is -4.47. The lowest BCUT2D eigenvalue weighted by Crippen LogP contribution is -2.14. The van der Waals surface area contributed by atoms with Crippen LogP contribution in [0, 0.1) is 0 Å². The number of rotatable bonds is 2. The number of para-hydroxylation sites is 1. The molecule has 0 saturated carbocycles. The maximum absolute atomic E-state index is 4.73. The number of hydrogen-bond donors (Lipinski definition) is 0. The van der Waals surface area contributed by atoms with E-state index >= 15 is 0 Å². The molecule has 9 rings (SSSR count). The molecule has 0 N–H and O–H groups in total. The Morgan fingerprint density at radius 2 is 1.59 bits per heavy atom. The highest BCUT2D eigenvalue weighted by atomic mass is 32.1. The molecule has 3 heterocycles. The van der Waals surface area contributed by atoms with Crippen LogP contribution in [0.1, 0.15) is 43.4 Å². The van der Waals surface area contributed by atoms with E-state index in [1.165, 1.54) is 75.5 Å². The van der Waals surface area contributed by atoms with Crippen LogP contribution in [0.15, 0.2) is 108 Å². The summed E-state index contributed by atoms with van der Waals surface area (Å²) in [6.07, 6.45) is 6.39. The molecule has 5 aromatic carbocycles. The molecule has 1 aliphatic carbocycles. The fourth-order valence-electron chi connectivity index (χ4n) is 7.38. The Labute approximate surface area is 242 Å². The second-order valence-corrected chi connectivity index (χ2v) is 12.9. The van der Waals surface area contributed by atoms with E-state index in [1.807, 2.05) is 17.6 Å². The molecule has 41 heavy (non-hydrogen) atoms. The summed E-state index contributed by atoms with van der Waals surface area (Å²) in [6.45, 7) is 4.78. The van der Waals surface area contributed by atoms with Crippen LogP contribution in [0.25, 0.3) is 64.5 Å². The van der Waals surface area contributed by atoms with Crippen LogP contribution < -0.4 is 0 Å². The van der Waals surface area contributed by atoms with Gasteiger partial charge in [0.15, 0.2) is 0 Å². The minimum Gasteiger partial charge on any atom is -0.309 e. The first-order valence-corrected chi connectivity index (χ1v) is 15.3. The Morgan fingerprint density at radius 1 is 0.756 bits per heavy atom. The van der Waals surface area contributed by atoms with Gasteiger partial charge in [0, 0.05) is 53.8 Å². The highest BCUT2D eigenvalue weighted by Gasteiger charge is 2.37. The smallest absolute Gasteiger partial charge is 0.0658 e. The van der Waals surface area contributed by atoms with Crippen molar-refractivity contribution in [3.05, 3.63) is 120 Å². The van der Waals surface area contributed by atoms with Crippen molar-refractivity contribution in [3.8, 4) is 16.8 Å². The van der Waals surface area contributed by atoms with Crippen molar-refractivity contribution in [2.45, 2.75) is 32.1 Å². The van der Waals surface area contributed by atoms with E-state index in [-0.39, 0.29) is 5.41 Å². The fraction of sp³-hybridized carbons (Fsp3) is 0.132. The number of benzene rings is 5. The Morgan fingerprint density at radius 3 is 2.44 bits per heavy atom. The van der Waals surface area contributed by atoms with E-state index in [1.54, 1.807) is 0 Å². The second-order valence-electron chi connectivity index (χ2n) is 11.9. The van der Waals surface area contributed by atoms with Crippen LogP contribution in [0.3, 0.4) is 0 Å². The van der Waals surface area contributed by atoms with Gasteiger partial charge < -0.3 is 4.57 Å². The van der Waals surface area contributed by atoms with E-state index < -0.39 is 0 Å². The molecule has 0 fully saturated rings. The fourth-order valence-corrected chi connectivity index (χ4v) is 8.79. The average Bonchev–Trinajstić information content (AvgIpc) is 3.63. The third-order valence-electron chi connectivity index (χ3n) is 9.22. The lowest BCUT2D eigenvalue weighted by atomic mass is 9.82. The summed E-state index contributed by atoms with van der Waals surface area (Å²) >= 11 is 1.95. The molecule has 196 valence electrons. The van der Waals surface area contributed by atoms with Gasteiger partial charge in [-0.05, 0) is 65.4 Å². The van der Waals surface area contributed by atoms with E-state index in [0.717, 1.165) is 18.5 Å². The third kappa shape index (κ3) is 3.10. The first kappa shape index (κ1) is 23.3. The third-order valence-corrected chi connectivity index (χ3v) is 10.4. The van der Waals surface area contributed by atoms with Crippen LogP contribution in [-0.4, -0.2) is 10.8 Å². The quantitative estimate of drug-likeness (QED) is 0.206. The number of nitrogens with zero attached hydrogens (tertiary/aromatic N) is 2. The monoisotopic (exact) mass is 544 g/mol. The molecular formula is C38H28N2S. The number of hydrogen-bond acceptors (Lipinski definition) is 2. The molecule has 1 aliphatic heterocycles. The Balaban J connectivity index is 1.42. The van der Waals surface area contributed by atoms with Crippen LogP contribution in [-0.2, 0) is 5.41 Å². The number of aromatic nitrogens is 1. The van der Waals surface area contributed by atoms with Crippen molar-refractivity contribution < 1.29 is 0 Å². The molecule has 0 saturated heterocycles. The average molecular weight is 545 g/mol. The maximum atomic E-state index is 4.73. The Kier molecular flexibility index (Phi) is 4.70. The van der Waals surface area contributed by atoms with Gasteiger partial charge in [-0.3, -0.25) is 4.99 Å². The summed E-state index contributed by atoms with van der Waals surface area (Å²) in [5.74, 6) is 0. The van der Waals surface area contributed by atoms with Crippen LogP contribution in [0.2, 0.25) is 0 Å². The predicted molar refractivity (Wildman–Crippen MR) is 177 cm³/mol. The first-order chi connectivity index (χ1) is 20.1. The summed E-state index contributed by atoms with van der Waals surface area (Å²) in [4.78, 5) is 4.73. The number of fused-ring (bicyclic) bond motifs is 11. The summed E-state index contributed by atoms with van der Waals surface area (Å²) in [5.41, 5.74) is 11.6. The highest BCUT2D eigenvalue weighted by Crippen LogP contribution is 2.54. The minimum atomic E-state index is -0.0410. The summed E-state index contributed by atoms with van der Waals surface area (Å²) in [5, 5.41) is 5.28. The summed E-state index contributed by atoms with van der Waals surface area (Å²) in [7, 11) is 0. The molecule has 0 atom stereocenters. The van der Waals surface area contributed by atoms with Gasteiger partial charge in [-0.15, -0.1) is 11.3 Å². The SMILES string of the molecule is CC1(C)c2ccccc2-c2ccc3c(sc4ccc5c6cc(C7=CCCC=N7)ccc6n(-c6ccccc6)c5c43)c21. The lowest BCUT2D eigenvalue weighted by Gasteiger charge is -2.22. The van der Waals surface area contributed by atoms with Gasteiger partial charge in [0.25, 0.3) is 0 Å². The van der Waals surface area contributed by atoms with E-state index in [2.05, 4.69) is 122 Å². The summed E-state index contributed by atoms with van der Waals surface area (Å²) < 4.78 is 5.24. The molecule has 7 aromatic rings. The predicted octanol–water partition coefficient (Wildman–Crippen LogP) is 10.7. The van der Waals surface area contributed by atoms with E-state index in [0.29, 0.717) is 0 Å². The van der Waals surface area contributed by atoms with Gasteiger partial charge in [-0.2, -0.15) is 0 Å². The van der Waals surface area contributed by atoms with Crippen LogP contribution in [0.4, 0.5) is 0 Å². The first-order valence-electron chi connectivity index (χ1n) is 14.5. The standard InChI is InChI=1S/C38H28N2S/c1-38(2)30-13-7-6-12-25(30)26-16-17-28-34-33(41-37(28)35(26)38)20-18-27-29-22-23(31-14-8-9-21-39-31)15-19-32(29)40(36(27)34)24-10-4-3-5-11-24/h3-7,10-22H,8-9H2,1-2H3. The molecule has 0 bridgehead atoms. The zero-order chi connectivity index (χ0) is 27.3. The van der Waals surface area contributed by atoms with Gasteiger partial charge in [0.05, 0.1) is 16.7 Å². The number of thiophene rings is 1. The molecule has 3 heteroatoms.